The lowest BCUT2D eigenvalue weighted by Crippen LogP contribution is -2.12. The van der Waals surface area contributed by atoms with Gasteiger partial charge in [0.25, 0.3) is 5.91 Å². The maximum Gasteiger partial charge on any atom is 0.307 e. The molecule has 0 saturated carbocycles. The molecule has 0 fully saturated rings. The van der Waals surface area contributed by atoms with Crippen LogP contribution in [0.4, 0.5) is 5.69 Å². The Hall–Kier alpha value is -2.82. The van der Waals surface area contributed by atoms with E-state index in [2.05, 4.69) is 5.32 Å². The molecule has 0 aliphatic rings. The van der Waals surface area contributed by atoms with Gasteiger partial charge in [0, 0.05) is 5.56 Å². The summed E-state index contributed by atoms with van der Waals surface area (Å²) in [4.78, 5) is 22.6. The lowest BCUT2D eigenvalue weighted by molar-refractivity contribution is -0.136. The van der Waals surface area contributed by atoms with Crippen LogP contribution < -0.4 is 5.32 Å². The van der Waals surface area contributed by atoms with E-state index >= 15 is 0 Å². The number of hydrogen-bond acceptors (Lipinski definition) is 3. The highest BCUT2D eigenvalue weighted by Gasteiger charge is 2.10. The third-order valence-electron chi connectivity index (χ3n) is 2.70. The summed E-state index contributed by atoms with van der Waals surface area (Å²) in [7, 11) is 0. The minimum atomic E-state index is -0.976. The lowest BCUT2D eigenvalue weighted by Gasteiger charge is -2.09. The lowest BCUT2D eigenvalue weighted by atomic mass is 10.1. The zero-order valence-corrected chi connectivity index (χ0v) is 10.5. The number of carbonyl (C=O) groups excluding carboxylic acids is 1. The number of phenolic OH excluding ortho intramolecular Hbond substituents is 1. The number of carboxylic acid groups (broad SMARTS) is 1. The molecule has 2 aromatic carbocycles. The van der Waals surface area contributed by atoms with Gasteiger partial charge < -0.3 is 15.5 Å². The molecule has 0 aromatic heterocycles. The number of hydrogen-bond donors (Lipinski definition) is 3. The molecule has 0 bridgehead atoms. The summed E-state index contributed by atoms with van der Waals surface area (Å²) in [6.07, 6.45) is -0.172. The summed E-state index contributed by atoms with van der Waals surface area (Å²) in [6, 6.07) is 12.9. The van der Waals surface area contributed by atoms with Crippen molar-refractivity contribution in [3.05, 3.63) is 59.7 Å². The highest BCUT2D eigenvalue weighted by Crippen LogP contribution is 2.25. The molecule has 102 valence electrons. The number of carbonyl (C=O) groups is 2. The maximum absolute atomic E-state index is 12.0. The van der Waals surface area contributed by atoms with Crippen LogP contribution in [0, 0.1) is 0 Å². The van der Waals surface area contributed by atoms with E-state index in [0.717, 1.165) is 0 Å². The van der Waals surface area contributed by atoms with Gasteiger partial charge in [-0.2, -0.15) is 0 Å². The molecule has 0 unspecified atom stereocenters. The largest absolute Gasteiger partial charge is 0.506 e. The second kappa shape index (κ2) is 5.88. The van der Waals surface area contributed by atoms with E-state index in [1.807, 2.05) is 0 Å². The van der Waals surface area contributed by atoms with Gasteiger partial charge in [0.2, 0.25) is 0 Å². The van der Waals surface area contributed by atoms with Crippen molar-refractivity contribution in [2.24, 2.45) is 0 Å². The Morgan fingerprint density at radius 2 is 1.75 bits per heavy atom. The van der Waals surface area contributed by atoms with Crippen LogP contribution >= 0.6 is 0 Å². The molecule has 0 aliphatic heterocycles. The quantitative estimate of drug-likeness (QED) is 0.744. The molecule has 3 N–H and O–H groups in total. The average molecular weight is 271 g/mol. The first-order valence-electron chi connectivity index (χ1n) is 5.96. The van der Waals surface area contributed by atoms with Gasteiger partial charge in [-0.1, -0.05) is 24.3 Å². The zero-order valence-electron chi connectivity index (χ0n) is 10.5. The SMILES string of the molecule is O=C(O)Cc1ccc(O)c(NC(=O)c2ccccc2)c1. The molecule has 0 atom stereocenters. The van der Waals surface area contributed by atoms with Gasteiger partial charge in [-0.05, 0) is 29.8 Å². The van der Waals surface area contributed by atoms with Crippen LogP contribution in [-0.2, 0) is 11.2 Å². The van der Waals surface area contributed by atoms with Gasteiger partial charge in [-0.15, -0.1) is 0 Å². The smallest absolute Gasteiger partial charge is 0.307 e. The van der Waals surface area contributed by atoms with Crippen molar-refractivity contribution in [2.75, 3.05) is 5.32 Å². The molecule has 0 saturated heterocycles. The first-order valence-corrected chi connectivity index (χ1v) is 5.96. The van der Waals surface area contributed by atoms with Crippen LogP contribution in [0.25, 0.3) is 0 Å². The van der Waals surface area contributed by atoms with E-state index in [-0.39, 0.29) is 23.8 Å². The summed E-state index contributed by atoms with van der Waals surface area (Å²) < 4.78 is 0. The highest BCUT2D eigenvalue weighted by atomic mass is 16.4. The Morgan fingerprint density at radius 3 is 2.40 bits per heavy atom. The monoisotopic (exact) mass is 271 g/mol. The number of carboxylic acids is 1. The van der Waals surface area contributed by atoms with Crippen LogP contribution in [-0.4, -0.2) is 22.1 Å². The highest BCUT2D eigenvalue weighted by molar-refractivity contribution is 6.05. The third kappa shape index (κ3) is 3.35. The molecule has 2 rings (SSSR count). The topological polar surface area (TPSA) is 86.6 Å². The van der Waals surface area contributed by atoms with Gasteiger partial charge in [0.05, 0.1) is 12.1 Å². The third-order valence-corrected chi connectivity index (χ3v) is 2.70. The molecule has 20 heavy (non-hydrogen) atoms. The van der Waals surface area contributed by atoms with Crippen molar-refractivity contribution in [3.8, 4) is 5.75 Å². The first kappa shape index (κ1) is 13.6. The second-order valence-corrected chi connectivity index (χ2v) is 4.24. The van der Waals surface area contributed by atoms with E-state index in [1.54, 1.807) is 30.3 Å². The second-order valence-electron chi connectivity index (χ2n) is 4.24. The molecule has 2 aromatic rings. The molecular formula is C15H13NO4. The number of phenols is 1. The van der Waals surface area contributed by atoms with Crippen LogP contribution in [0.3, 0.4) is 0 Å². The molecule has 0 aliphatic carbocycles. The average Bonchev–Trinajstić information content (AvgIpc) is 2.43. The van der Waals surface area contributed by atoms with Gasteiger partial charge >= 0.3 is 5.97 Å². The predicted octanol–water partition coefficient (Wildman–Crippen LogP) is 2.27. The predicted molar refractivity (Wildman–Crippen MR) is 73.8 cm³/mol. The van der Waals surface area contributed by atoms with Gasteiger partial charge in [-0.25, -0.2) is 0 Å². The molecule has 0 heterocycles. The molecule has 0 radical (unpaired) electrons. The fourth-order valence-corrected chi connectivity index (χ4v) is 1.75. The fraction of sp³-hybridized carbons (Fsp3) is 0.0667. The standard InChI is InChI=1S/C15H13NO4/c17-13-7-6-10(9-14(18)19)8-12(13)16-15(20)11-4-2-1-3-5-11/h1-8,17H,9H2,(H,16,20)(H,18,19). The normalized spacial score (nSPS) is 10.0. The van der Waals surface area contributed by atoms with E-state index in [4.69, 9.17) is 5.11 Å². The summed E-state index contributed by atoms with van der Waals surface area (Å²) in [6.45, 7) is 0. The van der Waals surface area contributed by atoms with Crippen molar-refractivity contribution in [3.63, 3.8) is 0 Å². The Balaban J connectivity index is 2.20. The fourth-order valence-electron chi connectivity index (χ4n) is 1.75. The minimum absolute atomic E-state index is 0.108. The van der Waals surface area contributed by atoms with E-state index < -0.39 is 5.97 Å². The minimum Gasteiger partial charge on any atom is -0.506 e. The number of amides is 1. The van der Waals surface area contributed by atoms with Crippen molar-refractivity contribution in [2.45, 2.75) is 6.42 Å². The van der Waals surface area contributed by atoms with Gasteiger partial charge in [0.15, 0.2) is 0 Å². The molecule has 5 heteroatoms. The number of aromatic hydroxyl groups is 1. The van der Waals surface area contributed by atoms with Crippen LogP contribution in [0.5, 0.6) is 5.75 Å². The maximum atomic E-state index is 12.0. The Kier molecular flexibility index (Phi) is 4.00. The Bertz CT molecular complexity index is 638. The van der Waals surface area contributed by atoms with E-state index in [9.17, 15) is 14.7 Å². The number of benzene rings is 2. The van der Waals surface area contributed by atoms with Crippen LogP contribution in [0.1, 0.15) is 15.9 Å². The van der Waals surface area contributed by atoms with E-state index in [0.29, 0.717) is 11.1 Å². The molecule has 0 spiro atoms. The molecule has 1 amide bonds. The summed E-state index contributed by atoms with van der Waals surface area (Å²) in [5.41, 5.74) is 1.15. The van der Waals surface area contributed by atoms with Crippen molar-refractivity contribution in [1.29, 1.82) is 0 Å². The van der Waals surface area contributed by atoms with Crippen LogP contribution in [0.15, 0.2) is 48.5 Å². The molecular weight excluding hydrogens is 258 g/mol. The number of aliphatic carboxylic acids is 1. The zero-order chi connectivity index (χ0) is 14.5. The number of rotatable bonds is 4. The summed E-state index contributed by atoms with van der Waals surface area (Å²) in [5.74, 6) is -1.45. The Morgan fingerprint density at radius 1 is 1.05 bits per heavy atom. The number of anilines is 1. The van der Waals surface area contributed by atoms with E-state index in [1.165, 1.54) is 18.2 Å². The van der Waals surface area contributed by atoms with Gasteiger partial charge in [0.1, 0.15) is 5.75 Å². The summed E-state index contributed by atoms with van der Waals surface area (Å²) in [5, 5.41) is 21.0. The van der Waals surface area contributed by atoms with Crippen molar-refractivity contribution < 1.29 is 19.8 Å². The Labute approximate surface area is 115 Å². The summed E-state index contributed by atoms with van der Waals surface area (Å²) >= 11 is 0. The van der Waals surface area contributed by atoms with Crippen molar-refractivity contribution in [1.82, 2.24) is 0 Å². The van der Waals surface area contributed by atoms with Crippen molar-refractivity contribution >= 4 is 17.6 Å². The number of nitrogens with one attached hydrogen (secondary N) is 1. The van der Waals surface area contributed by atoms with Crippen LogP contribution in [0.2, 0.25) is 0 Å². The first-order chi connectivity index (χ1) is 9.56. The molecule has 5 nitrogen and oxygen atoms in total. The van der Waals surface area contributed by atoms with Gasteiger partial charge in [-0.3, -0.25) is 9.59 Å².